The minimum atomic E-state index is -1.47. The van der Waals surface area contributed by atoms with E-state index in [1.165, 1.54) is 4.90 Å². The highest BCUT2D eigenvalue weighted by molar-refractivity contribution is 5.94. The number of aliphatic hydroxyl groups is 1. The van der Waals surface area contributed by atoms with Gasteiger partial charge in [-0.3, -0.25) is 14.4 Å². The van der Waals surface area contributed by atoms with Crippen LogP contribution < -0.4 is 16.4 Å². The van der Waals surface area contributed by atoms with Crippen molar-refractivity contribution in [1.29, 1.82) is 0 Å². The Labute approximate surface area is 193 Å². The minimum Gasteiger partial charge on any atom is -0.480 e. The van der Waals surface area contributed by atoms with Gasteiger partial charge in [0.25, 0.3) is 0 Å². The van der Waals surface area contributed by atoms with Crippen molar-refractivity contribution in [3.63, 3.8) is 0 Å². The molecule has 0 aliphatic carbocycles. The van der Waals surface area contributed by atoms with Gasteiger partial charge in [-0.2, -0.15) is 0 Å². The van der Waals surface area contributed by atoms with E-state index in [1.54, 1.807) is 0 Å². The summed E-state index contributed by atoms with van der Waals surface area (Å²) in [6, 6.07) is 5.35. The Morgan fingerprint density at radius 1 is 1.12 bits per heavy atom. The van der Waals surface area contributed by atoms with E-state index in [-0.39, 0.29) is 18.2 Å². The molecule has 33 heavy (non-hydrogen) atoms. The number of likely N-dealkylation sites (tertiary alicyclic amines) is 1. The Balaban J connectivity index is 2.06. The molecule has 1 aromatic carbocycles. The average Bonchev–Trinajstić information content (AvgIpc) is 3.26. The third kappa shape index (κ3) is 7.54. The second-order valence-corrected chi connectivity index (χ2v) is 8.76. The van der Waals surface area contributed by atoms with Crippen LogP contribution in [0.5, 0.6) is 0 Å². The molecular weight excluding hydrogens is 428 g/mol. The first-order valence-electron chi connectivity index (χ1n) is 11.2. The number of nitrogens with zero attached hydrogens (tertiary/aromatic N) is 1. The van der Waals surface area contributed by atoms with Gasteiger partial charge in [0.2, 0.25) is 17.7 Å². The van der Waals surface area contributed by atoms with Gasteiger partial charge in [0, 0.05) is 6.54 Å². The van der Waals surface area contributed by atoms with Gasteiger partial charge >= 0.3 is 5.97 Å². The maximum Gasteiger partial charge on any atom is 0.328 e. The molecular formula is C23H34N4O6. The lowest BCUT2D eigenvalue weighted by molar-refractivity contribution is -0.144. The highest BCUT2D eigenvalue weighted by atomic mass is 16.4. The summed E-state index contributed by atoms with van der Waals surface area (Å²) in [5.74, 6) is -2.85. The molecule has 0 saturated carbocycles. The van der Waals surface area contributed by atoms with Crippen molar-refractivity contribution in [2.24, 2.45) is 11.7 Å². The summed E-state index contributed by atoms with van der Waals surface area (Å²) < 4.78 is 0. The standard InChI is InChI=1S/C23H34N4O6/c1-14(2)11-17(20(29)26-18(13-28)23(32)33)25-21(30)19-9-6-10-27(19)22(31)16(24)12-15-7-4-3-5-8-15/h3-5,7-8,14,16-19,28H,6,9-13,24H2,1-2H3,(H,25,30)(H,26,29)(H,32,33). The molecule has 4 unspecified atom stereocenters. The molecule has 0 radical (unpaired) electrons. The SMILES string of the molecule is CC(C)CC(NC(=O)C1CCCN1C(=O)C(N)Cc1ccccc1)C(=O)NC(CO)C(=O)O. The van der Waals surface area contributed by atoms with Crippen LogP contribution in [0.15, 0.2) is 30.3 Å². The summed E-state index contributed by atoms with van der Waals surface area (Å²) in [4.78, 5) is 51.2. The van der Waals surface area contributed by atoms with Gasteiger partial charge in [0.15, 0.2) is 0 Å². The van der Waals surface area contributed by atoms with Crippen LogP contribution in [-0.2, 0) is 25.6 Å². The highest BCUT2D eigenvalue weighted by Gasteiger charge is 2.38. The molecule has 0 bridgehead atoms. The Kier molecular flexibility index (Phi) is 9.80. The number of hydrogen-bond donors (Lipinski definition) is 5. The number of rotatable bonds is 11. The number of carbonyl (C=O) groups is 4. The van der Waals surface area contributed by atoms with Crippen LogP contribution in [-0.4, -0.2) is 76.1 Å². The first-order valence-corrected chi connectivity index (χ1v) is 11.2. The lowest BCUT2D eigenvalue weighted by Gasteiger charge is -2.29. The van der Waals surface area contributed by atoms with Crippen LogP contribution in [0.2, 0.25) is 0 Å². The fraction of sp³-hybridized carbons (Fsp3) is 0.565. The van der Waals surface area contributed by atoms with E-state index in [4.69, 9.17) is 10.8 Å². The summed E-state index contributed by atoms with van der Waals surface area (Å²) >= 11 is 0. The Hall–Kier alpha value is -2.98. The average molecular weight is 463 g/mol. The van der Waals surface area contributed by atoms with E-state index in [0.29, 0.717) is 25.8 Å². The van der Waals surface area contributed by atoms with Gasteiger partial charge in [0.1, 0.15) is 18.1 Å². The number of amides is 3. The quantitative estimate of drug-likeness (QED) is 0.300. The molecule has 0 aromatic heterocycles. The zero-order chi connectivity index (χ0) is 24.5. The fourth-order valence-electron chi connectivity index (χ4n) is 3.90. The number of aliphatic hydroxyl groups excluding tert-OH is 1. The number of hydrogen-bond acceptors (Lipinski definition) is 6. The summed E-state index contributed by atoms with van der Waals surface area (Å²) in [6.45, 7) is 3.35. The number of benzene rings is 1. The van der Waals surface area contributed by atoms with Crippen LogP contribution in [0, 0.1) is 5.92 Å². The number of carbonyl (C=O) groups excluding carboxylic acids is 3. The van der Waals surface area contributed by atoms with E-state index in [9.17, 15) is 24.3 Å². The normalized spacial score (nSPS) is 18.5. The van der Waals surface area contributed by atoms with Crippen molar-refractivity contribution in [3.8, 4) is 0 Å². The first-order chi connectivity index (χ1) is 15.6. The summed E-state index contributed by atoms with van der Waals surface area (Å²) in [6.07, 6.45) is 1.69. The molecule has 4 atom stereocenters. The van der Waals surface area contributed by atoms with Crippen LogP contribution in [0.25, 0.3) is 0 Å². The topological polar surface area (TPSA) is 162 Å². The maximum absolute atomic E-state index is 13.0. The van der Waals surface area contributed by atoms with Crippen molar-refractivity contribution in [2.45, 2.75) is 63.7 Å². The zero-order valence-electron chi connectivity index (χ0n) is 19.1. The largest absolute Gasteiger partial charge is 0.480 e. The molecule has 1 aromatic rings. The van der Waals surface area contributed by atoms with E-state index >= 15 is 0 Å². The third-order valence-corrected chi connectivity index (χ3v) is 5.59. The van der Waals surface area contributed by atoms with Gasteiger partial charge in [-0.25, -0.2) is 4.79 Å². The Morgan fingerprint density at radius 2 is 1.79 bits per heavy atom. The van der Waals surface area contributed by atoms with Crippen LogP contribution >= 0.6 is 0 Å². The first kappa shape index (κ1) is 26.3. The number of nitrogens with one attached hydrogen (secondary N) is 2. The summed E-state index contributed by atoms with van der Waals surface area (Å²) in [5.41, 5.74) is 7.06. The molecule has 1 heterocycles. The Bertz CT molecular complexity index is 832. The van der Waals surface area contributed by atoms with Gasteiger partial charge in [0.05, 0.1) is 12.6 Å². The lowest BCUT2D eigenvalue weighted by atomic mass is 10.0. The second kappa shape index (κ2) is 12.3. The lowest BCUT2D eigenvalue weighted by Crippen LogP contribution is -2.57. The van der Waals surface area contributed by atoms with Crippen molar-refractivity contribution in [2.75, 3.05) is 13.2 Å². The Morgan fingerprint density at radius 3 is 2.36 bits per heavy atom. The fourth-order valence-corrected chi connectivity index (χ4v) is 3.90. The number of aliphatic carboxylic acids is 1. The third-order valence-electron chi connectivity index (χ3n) is 5.59. The molecule has 6 N–H and O–H groups in total. The van der Waals surface area contributed by atoms with Crippen molar-refractivity contribution in [3.05, 3.63) is 35.9 Å². The maximum atomic E-state index is 13.0. The van der Waals surface area contributed by atoms with E-state index < -0.39 is 48.6 Å². The summed E-state index contributed by atoms with van der Waals surface area (Å²) in [5, 5.41) is 23.2. The predicted octanol–water partition coefficient (Wildman–Crippen LogP) is -0.360. The summed E-state index contributed by atoms with van der Waals surface area (Å²) in [7, 11) is 0. The zero-order valence-corrected chi connectivity index (χ0v) is 19.1. The number of carboxylic acids is 1. The minimum absolute atomic E-state index is 0.0269. The van der Waals surface area contributed by atoms with E-state index in [0.717, 1.165) is 5.56 Å². The number of carboxylic acid groups (broad SMARTS) is 1. The molecule has 0 spiro atoms. The predicted molar refractivity (Wildman–Crippen MR) is 121 cm³/mol. The molecule has 1 aliphatic rings. The molecule has 10 nitrogen and oxygen atoms in total. The molecule has 2 rings (SSSR count). The molecule has 1 aliphatic heterocycles. The number of nitrogens with two attached hydrogens (primary N) is 1. The molecule has 1 fully saturated rings. The second-order valence-electron chi connectivity index (χ2n) is 8.76. The van der Waals surface area contributed by atoms with Gasteiger partial charge < -0.3 is 31.5 Å². The van der Waals surface area contributed by atoms with Crippen LogP contribution in [0.3, 0.4) is 0 Å². The van der Waals surface area contributed by atoms with E-state index in [1.807, 2.05) is 44.2 Å². The van der Waals surface area contributed by atoms with Gasteiger partial charge in [-0.15, -0.1) is 0 Å². The van der Waals surface area contributed by atoms with Gasteiger partial charge in [-0.1, -0.05) is 44.2 Å². The van der Waals surface area contributed by atoms with Crippen LogP contribution in [0.1, 0.15) is 38.7 Å². The molecule has 10 heteroatoms. The van der Waals surface area contributed by atoms with Crippen molar-refractivity contribution in [1.82, 2.24) is 15.5 Å². The van der Waals surface area contributed by atoms with E-state index in [2.05, 4.69) is 10.6 Å². The van der Waals surface area contributed by atoms with Gasteiger partial charge in [-0.05, 0) is 37.2 Å². The van der Waals surface area contributed by atoms with Crippen molar-refractivity contribution >= 4 is 23.7 Å². The van der Waals surface area contributed by atoms with Crippen molar-refractivity contribution < 1.29 is 29.4 Å². The van der Waals surface area contributed by atoms with Crippen LogP contribution in [0.4, 0.5) is 0 Å². The molecule has 182 valence electrons. The smallest absolute Gasteiger partial charge is 0.328 e. The molecule has 1 saturated heterocycles. The highest BCUT2D eigenvalue weighted by Crippen LogP contribution is 2.20. The monoisotopic (exact) mass is 462 g/mol. The molecule has 3 amide bonds.